The number of nitrogens with one attached hydrogen (secondary N) is 2. The topological polar surface area (TPSA) is 46.2 Å². The van der Waals surface area contributed by atoms with Crippen molar-refractivity contribution >= 4 is 16.6 Å². The van der Waals surface area contributed by atoms with Crippen molar-refractivity contribution in [3.05, 3.63) is 60.3 Å². The summed E-state index contributed by atoms with van der Waals surface area (Å²) in [6.07, 6.45) is 1.07. The van der Waals surface area contributed by atoms with Gasteiger partial charge >= 0.3 is 0 Å². The quantitative estimate of drug-likeness (QED) is 0.635. The van der Waals surface area contributed by atoms with Gasteiger partial charge in [0.15, 0.2) is 0 Å². The second-order valence-corrected chi connectivity index (χ2v) is 5.79. The van der Waals surface area contributed by atoms with Gasteiger partial charge in [0.05, 0.1) is 5.52 Å². The number of pyridine rings is 1. The molecule has 0 spiro atoms. The summed E-state index contributed by atoms with van der Waals surface area (Å²) in [4.78, 5) is 4.62. The van der Waals surface area contributed by atoms with Gasteiger partial charge in [-0.15, -0.1) is 0 Å². The molecule has 3 aromatic rings. The van der Waals surface area contributed by atoms with E-state index in [-0.39, 0.29) is 0 Å². The Bertz CT molecular complexity index is 803. The number of hydrogen-bond donors (Lipinski definition) is 2. The van der Waals surface area contributed by atoms with Gasteiger partial charge < -0.3 is 15.4 Å². The van der Waals surface area contributed by atoms with Crippen molar-refractivity contribution in [1.29, 1.82) is 0 Å². The predicted molar refractivity (Wildman–Crippen MR) is 100 cm³/mol. The fourth-order valence-corrected chi connectivity index (χ4v) is 2.66. The molecule has 124 valence electrons. The van der Waals surface area contributed by atoms with Crippen LogP contribution < -0.4 is 15.4 Å². The van der Waals surface area contributed by atoms with E-state index in [1.807, 2.05) is 56.4 Å². The highest BCUT2D eigenvalue weighted by Gasteiger charge is 2.06. The number of hydrogen-bond acceptors (Lipinski definition) is 4. The van der Waals surface area contributed by atoms with E-state index in [0.717, 1.165) is 53.3 Å². The van der Waals surface area contributed by atoms with Gasteiger partial charge in [-0.3, -0.25) is 4.98 Å². The van der Waals surface area contributed by atoms with Gasteiger partial charge in [0.25, 0.3) is 0 Å². The van der Waals surface area contributed by atoms with Gasteiger partial charge in [0.2, 0.25) is 0 Å². The molecule has 3 rings (SSSR count). The average molecular weight is 321 g/mol. The first kappa shape index (κ1) is 16.3. The van der Waals surface area contributed by atoms with Crippen molar-refractivity contribution in [3.8, 4) is 11.5 Å². The van der Waals surface area contributed by atoms with Crippen molar-refractivity contribution in [1.82, 2.24) is 10.3 Å². The van der Waals surface area contributed by atoms with Crippen LogP contribution in [0.1, 0.15) is 12.1 Å². The number of nitrogens with zero attached hydrogens (tertiary/aromatic N) is 1. The normalized spacial score (nSPS) is 10.8. The summed E-state index contributed by atoms with van der Waals surface area (Å²) < 4.78 is 5.95. The standard InChI is InChI=1S/C20H23N3O/c1-15-13-20(22-12-6-11-21-2)18-14-17(9-10-19(18)23-15)24-16-7-4-3-5-8-16/h3-5,7-10,13-14,21H,6,11-12H2,1-2H3,(H,22,23). The van der Waals surface area contributed by atoms with Crippen LogP contribution in [0.5, 0.6) is 11.5 Å². The lowest BCUT2D eigenvalue weighted by Crippen LogP contribution is -2.13. The number of ether oxygens (including phenoxy) is 1. The Labute approximate surface area is 142 Å². The molecule has 0 aliphatic rings. The summed E-state index contributed by atoms with van der Waals surface area (Å²) >= 11 is 0. The molecule has 0 bridgehead atoms. The minimum absolute atomic E-state index is 0.817. The number of aryl methyl sites for hydroxylation is 1. The van der Waals surface area contributed by atoms with Gasteiger partial charge in [0, 0.05) is 23.3 Å². The van der Waals surface area contributed by atoms with Crippen molar-refractivity contribution in [2.24, 2.45) is 0 Å². The Kier molecular flexibility index (Phi) is 5.29. The molecule has 0 fully saturated rings. The van der Waals surface area contributed by atoms with Crippen LogP contribution in [-0.4, -0.2) is 25.1 Å². The molecule has 0 saturated heterocycles. The maximum atomic E-state index is 5.95. The molecule has 0 atom stereocenters. The fraction of sp³-hybridized carbons (Fsp3) is 0.250. The molecule has 4 nitrogen and oxygen atoms in total. The van der Waals surface area contributed by atoms with Crippen LogP contribution in [0.3, 0.4) is 0 Å². The molecular formula is C20H23N3O. The third kappa shape index (κ3) is 4.03. The van der Waals surface area contributed by atoms with E-state index in [0.29, 0.717) is 0 Å². The maximum absolute atomic E-state index is 5.95. The number of rotatable bonds is 7. The highest BCUT2D eigenvalue weighted by Crippen LogP contribution is 2.29. The third-order valence-corrected chi connectivity index (χ3v) is 3.81. The number of anilines is 1. The lowest BCUT2D eigenvalue weighted by molar-refractivity contribution is 0.483. The zero-order valence-corrected chi connectivity index (χ0v) is 14.2. The molecule has 0 radical (unpaired) electrons. The first-order valence-corrected chi connectivity index (χ1v) is 8.29. The fourth-order valence-electron chi connectivity index (χ4n) is 2.66. The monoisotopic (exact) mass is 321 g/mol. The summed E-state index contributed by atoms with van der Waals surface area (Å²) in [7, 11) is 1.97. The summed E-state index contributed by atoms with van der Waals surface area (Å²) in [6, 6.07) is 17.9. The summed E-state index contributed by atoms with van der Waals surface area (Å²) in [5.74, 6) is 1.65. The van der Waals surface area contributed by atoms with E-state index < -0.39 is 0 Å². The van der Waals surface area contributed by atoms with Gasteiger partial charge in [-0.1, -0.05) is 18.2 Å². The highest BCUT2D eigenvalue weighted by molar-refractivity contribution is 5.92. The van der Waals surface area contributed by atoms with Crippen LogP contribution in [0.4, 0.5) is 5.69 Å². The molecule has 0 saturated carbocycles. The van der Waals surface area contributed by atoms with Crippen molar-refractivity contribution < 1.29 is 4.74 Å². The SMILES string of the molecule is CNCCCNc1cc(C)nc2ccc(Oc3ccccc3)cc12. The van der Waals surface area contributed by atoms with Crippen LogP contribution in [0.15, 0.2) is 54.6 Å². The third-order valence-electron chi connectivity index (χ3n) is 3.81. The summed E-state index contributed by atoms with van der Waals surface area (Å²) in [6.45, 7) is 3.94. The molecular weight excluding hydrogens is 298 g/mol. The average Bonchev–Trinajstić information content (AvgIpc) is 2.60. The van der Waals surface area contributed by atoms with Gasteiger partial charge in [-0.05, 0) is 63.3 Å². The van der Waals surface area contributed by atoms with Crippen LogP contribution in [0, 0.1) is 6.92 Å². The highest BCUT2D eigenvalue weighted by atomic mass is 16.5. The molecule has 1 aromatic heterocycles. The molecule has 24 heavy (non-hydrogen) atoms. The van der Waals surface area contributed by atoms with Crippen molar-refractivity contribution in [3.63, 3.8) is 0 Å². The van der Waals surface area contributed by atoms with Gasteiger partial charge in [-0.2, -0.15) is 0 Å². The minimum atomic E-state index is 0.817. The molecule has 0 unspecified atom stereocenters. The Balaban J connectivity index is 1.87. The molecule has 0 aliphatic heterocycles. The minimum Gasteiger partial charge on any atom is -0.457 e. The Morgan fingerprint density at radius 1 is 0.958 bits per heavy atom. The Morgan fingerprint density at radius 3 is 2.58 bits per heavy atom. The van der Waals surface area contributed by atoms with E-state index in [1.165, 1.54) is 0 Å². The second-order valence-electron chi connectivity index (χ2n) is 5.79. The van der Waals surface area contributed by atoms with Gasteiger partial charge in [-0.25, -0.2) is 0 Å². The van der Waals surface area contributed by atoms with Crippen molar-refractivity contribution in [2.45, 2.75) is 13.3 Å². The lowest BCUT2D eigenvalue weighted by Gasteiger charge is -2.12. The number of para-hydroxylation sites is 1. The summed E-state index contributed by atoms with van der Waals surface area (Å²) in [5, 5.41) is 7.77. The first-order chi connectivity index (χ1) is 11.8. The molecule has 1 heterocycles. The largest absolute Gasteiger partial charge is 0.457 e. The van der Waals surface area contributed by atoms with Crippen LogP contribution >= 0.6 is 0 Å². The first-order valence-electron chi connectivity index (χ1n) is 8.29. The lowest BCUT2D eigenvalue weighted by atomic mass is 10.1. The van der Waals surface area contributed by atoms with E-state index >= 15 is 0 Å². The zero-order valence-electron chi connectivity index (χ0n) is 14.2. The molecule has 0 amide bonds. The number of benzene rings is 2. The number of fused-ring (bicyclic) bond motifs is 1. The second kappa shape index (κ2) is 7.79. The molecule has 2 N–H and O–H groups in total. The predicted octanol–water partition coefficient (Wildman–Crippen LogP) is 4.36. The summed E-state index contributed by atoms with van der Waals surface area (Å²) in [5.41, 5.74) is 3.09. The molecule has 0 aliphatic carbocycles. The molecule has 2 aromatic carbocycles. The van der Waals surface area contributed by atoms with E-state index in [2.05, 4.69) is 27.8 Å². The van der Waals surface area contributed by atoms with Gasteiger partial charge in [0.1, 0.15) is 11.5 Å². The zero-order chi connectivity index (χ0) is 16.8. The van der Waals surface area contributed by atoms with Crippen molar-refractivity contribution in [2.75, 3.05) is 25.5 Å². The van der Waals surface area contributed by atoms with E-state index in [9.17, 15) is 0 Å². The Hall–Kier alpha value is -2.59. The van der Waals surface area contributed by atoms with E-state index in [1.54, 1.807) is 0 Å². The van der Waals surface area contributed by atoms with Crippen LogP contribution in [0.2, 0.25) is 0 Å². The van der Waals surface area contributed by atoms with Crippen LogP contribution in [0.25, 0.3) is 10.9 Å². The molecule has 4 heteroatoms. The smallest absolute Gasteiger partial charge is 0.128 e. The van der Waals surface area contributed by atoms with Crippen LogP contribution in [-0.2, 0) is 0 Å². The van der Waals surface area contributed by atoms with E-state index in [4.69, 9.17) is 4.74 Å². The maximum Gasteiger partial charge on any atom is 0.128 e. The Morgan fingerprint density at radius 2 is 1.79 bits per heavy atom. The number of aromatic nitrogens is 1.